The zero-order valence-electron chi connectivity index (χ0n) is 16.7. The minimum Gasteiger partial charge on any atom is -0.466 e. The molecule has 14 heteroatoms. The predicted molar refractivity (Wildman–Crippen MR) is 97.8 cm³/mol. The molecule has 32 heavy (non-hydrogen) atoms. The van der Waals surface area contributed by atoms with Crippen molar-refractivity contribution in [2.75, 3.05) is 6.61 Å². The van der Waals surface area contributed by atoms with Crippen molar-refractivity contribution < 1.29 is 44.1 Å². The van der Waals surface area contributed by atoms with Crippen molar-refractivity contribution in [1.29, 1.82) is 0 Å². The SMILES string of the molecule is CC(C)(C)[S@@](=O)NC(c1cnc(OCC(F)(F)F)c(F)c1)c1ccc(F)c(C(F)(F)F)n1. The van der Waals surface area contributed by atoms with Gasteiger partial charge in [-0.2, -0.15) is 26.3 Å². The first kappa shape index (κ1) is 25.9. The Morgan fingerprint density at radius 3 is 2.19 bits per heavy atom. The number of pyridine rings is 2. The maximum Gasteiger partial charge on any atom is 0.436 e. The fourth-order valence-corrected chi connectivity index (χ4v) is 3.08. The third-order valence-corrected chi connectivity index (χ3v) is 5.31. The van der Waals surface area contributed by atoms with Gasteiger partial charge in [-0.05, 0) is 44.5 Å². The lowest BCUT2D eigenvalue weighted by atomic mass is 10.1. The van der Waals surface area contributed by atoms with E-state index in [1.54, 1.807) is 20.8 Å². The van der Waals surface area contributed by atoms with Crippen molar-refractivity contribution in [3.05, 3.63) is 53.0 Å². The summed E-state index contributed by atoms with van der Waals surface area (Å²) < 4.78 is 122. The number of nitrogens with zero attached hydrogens (tertiary/aromatic N) is 2. The van der Waals surface area contributed by atoms with E-state index in [1.165, 1.54) is 0 Å². The van der Waals surface area contributed by atoms with E-state index in [0.717, 1.165) is 12.3 Å². The minimum atomic E-state index is -5.15. The maximum absolute atomic E-state index is 14.3. The molecule has 2 atom stereocenters. The number of nitrogens with one attached hydrogen (secondary N) is 1. The van der Waals surface area contributed by atoms with Crippen LogP contribution < -0.4 is 9.46 Å². The number of alkyl halides is 6. The zero-order valence-corrected chi connectivity index (χ0v) is 17.6. The van der Waals surface area contributed by atoms with Crippen LogP contribution in [0.1, 0.15) is 43.8 Å². The molecule has 2 rings (SSSR count). The van der Waals surface area contributed by atoms with Crippen LogP contribution in [-0.4, -0.2) is 31.7 Å². The largest absolute Gasteiger partial charge is 0.466 e. The highest BCUT2D eigenvalue weighted by molar-refractivity contribution is 7.84. The summed E-state index contributed by atoms with van der Waals surface area (Å²) in [6.07, 6.45) is -9.08. The van der Waals surface area contributed by atoms with E-state index in [2.05, 4.69) is 19.4 Å². The van der Waals surface area contributed by atoms with Gasteiger partial charge in [-0.25, -0.2) is 27.7 Å². The molecule has 0 bridgehead atoms. The van der Waals surface area contributed by atoms with Gasteiger partial charge in [0.2, 0.25) is 0 Å². The third kappa shape index (κ3) is 6.82. The summed E-state index contributed by atoms with van der Waals surface area (Å²) in [5, 5.41) is 0. The number of halogens is 8. The maximum atomic E-state index is 14.3. The van der Waals surface area contributed by atoms with Crippen molar-refractivity contribution in [2.24, 2.45) is 0 Å². The molecule has 0 aliphatic heterocycles. The number of aromatic nitrogens is 2. The van der Waals surface area contributed by atoms with Gasteiger partial charge in [0.15, 0.2) is 23.9 Å². The number of hydrogen-bond acceptors (Lipinski definition) is 4. The Morgan fingerprint density at radius 2 is 1.69 bits per heavy atom. The van der Waals surface area contributed by atoms with Gasteiger partial charge in [0.25, 0.3) is 5.88 Å². The Balaban J connectivity index is 2.51. The molecular formula is C18H17F8N3O2S. The van der Waals surface area contributed by atoms with Gasteiger partial charge < -0.3 is 4.74 Å². The summed E-state index contributed by atoms with van der Waals surface area (Å²) in [6.45, 7) is 2.80. The molecule has 0 fully saturated rings. The highest BCUT2D eigenvalue weighted by Gasteiger charge is 2.37. The van der Waals surface area contributed by atoms with Crippen molar-refractivity contribution in [2.45, 2.75) is 43.9 Å². The van der Waals surface area contributed by atoms with Gasteiger partial charge in [0.05, 0.1) is 27.5 Å². The van der Waals surface area contributed by atoms with Gasteiger partial charge in [-0.15, -0.1) is 0 Å². The van der Waals surface area contributed by atoms with Crippen LogP contribution in [0.3, 0.4) is 0 Å². The summed E-state index contributed by atoms with van der Waals surface area (Å²) in [5.41, 5.74) is -2.55. The van der Waals surface area contributed by atoms with E-state index in [4.69, 9.17) is 0 Å². The molecule has 2 aromatic heterocycles. The molecule has 5 nitrogen and oxygen atoms in total. The molecule has 0 saturated carbocycles. The van der Waals surface area contributed by atoms with E-state index in [-0.39, 0.29) is 5.56 Å². The second kappa shape index (κ2) is 9.25. The van der Waals surface area contributed by atoms with Crippen LogP contribution in [-0.2, 0) is 17.2 Å². The molecule has 178 valence electrons. The van der Waals surface area contributed by atoms with Crippen LogP contribution in [0.15, 0.2) is 24.4 Å². The molecule has 0 aliphatic rings. The van der Waals surface area contributed by atoms with Gasteiger partial charge in [0, 0.05) is 6.20 Å². The lowest BCUT2D eigenvalue weighted by Crippen LogP contribution is -2.36. The smallest absolute Gasteiger partial charge is 0.436 e. The summed E-state index contributed by atoms with van der Waals surface area (Å²) in [7, 11) is -1.92. The Hall–Kier alpha value is -2.35. The second-order valence-corrected chi connectivity index (χ2v) is 9.45. The molecule has 0 aliphatic carbocycles. The summed E-state index contributed by atoms with van der Waals surface area (Å²) >= 11 is 0. The number of hydrogen-bond donors (Lipinski definition) is 1. The monoisotopic (exact) mass is 491 g/mol. The topological polar surface area (TPSA) is 64.1 Å². The van der Waals surface area contributed by atoms with E-state index in [1.807, 2.05) is 0 Å². The zero-order chi connectivity index (χ0) is 24.5. The molecule has 0 amide bonds. The number of ether oxygens (including phenoxy) is 1. The van der Waals surface area contributed by atoms with E-state index < -0.39 is 69.6 Å². The van der Waals surface area contributed by atoms with Gasteiger partial charge in [-0.3, -0.25) is 0 Å². The van der Waals surface area contributed by atoms with E-state index in [0.29, 0.717) is 12.1 Å². The lowest BCUT2D eigenvalue weighted by molar-refractivity contribution is -0.154. The molecule has 0 spiro atoms. The third-order valence-electron chi connectivity index (χ3n) is 3.75. The molecule has 1 N–H and O–H groups in total. The first-order chi connectivity index (χ1) is 14.5. The molecule has 0 aromatic carbocycles. The molecule has 1 unspecified atom stereocenters. The normalized spacial score (nSPS) is 14.8. The number of rotatable bonds is 6. The van der Waals surface area contributed by atoms with Crippen LogP contribution in [0.5, 0.6) is 5.88 Å². The van der Waals surface area contributed by atoms with Crippen molar-refractivity contribution in [3.63, 3.8) is 0 Å². The Labute approximate surface area is 179 Å². The van der Waals surface area contributed by atoms with Gasteiger partial charge in [0.1, 0.15) is 0 Å². The Bertz CT molecular complexity index is 990. The minimum absolute atomic E-state index is 0.230. The highest BCUT2D eigenvalue weighted by Crippen LogP contribution is 2.33. The average Bonchev–Trinajstić information content (AvgIpc) is 2.63. The molecule has 0 radical (unpaired) electrons. The van der Waals surface area contributed by atoms with Gasteiger partial charge in [-0.1, -0.05) is 0 Å². The lowest BCUT2D eigenvalue weighted by Gasteiger charge is -2.25. The molecule has 2 aromatic rings. The Morgan fingerprint density at radius 1 is 1.06 bits per heavy atom. The van der Waals surface area contributed by atoms with Crippen molar-refractivity contribution >= 4 is 11.0 Å². The first-order valence-electron chi connectivity index (χ1n) is 8.75. The standard InChI is InChI=1S/C18H17F8N3O2S/c1-16(2,3)32(30)29-13(12-5-4-10(19)14(28-12)18(24,25)26)9-6-11(20)15(27-7-9)31-8-17(21,22)23/h4-7,13,29H,8H2,1-3H3/t13?,32-/m1/s1. The van der Waals surface area contributed by atoms with Crippen molar-refractivity contribution in [1.82, 2.24) is 14.7 Å². The molecule has 0 saturated heterocycles. The van der Waals surface area contributed by atoms with Gasteiger partial charge >= 0.3 is 12.4 Å². The quantitative estimate of drug-likeness (QED) is 0.587. The van der Waals surface area contributed by atoms with Crippen LogP contribution in [0.4, 0.5) is 35.1 Å². The van der Waals surface area contributed by atoms with Crippen LogP contribution >= 0.6 is 0 Å². The summed E-state index contributed by atoms with van der Waals surface area (Å²) in [4.78, 5) is 6.67. The summed E-state index contributed by atoms with van der Waals surface area (Å²) in [6, 6.07) is 0.531. The van der Waals surface area contributed by atoms with Crippen molar-refractivity contribution in [3.8, 4) is 5.88 Å². The first-order valence-corrected chi connectivity index (χ1v) is 9.90. The molecule has 2 heterocycles. The summed E-state index contributed by atoms with van der Waals surface area (Å²) in [5.74, 6) is -4.00. The predicted octanol–water partition coefficient (Wildman–Crippen LogP) is 4.86. The fourth-order valence-electron chi connectivity index (χ4n) is 2.25. The van der Waals surface area contributed by atoms with Crippen LogP contribution in [0.2, 0.25) is 0 Å². The van der Waals surface area contributed by atoms with E-state index in [9.17, 15) is 39.3 Å². The molecular weight excluding hydrogens is 474 g/mol. The fraction of sp³-hybridized carbons (Fsp3) is 0.444. The highest BCUT2D eigenvalue weighted by atomic mass is 32.2. The Kier molecular flexibility index (Phi) is 7.49. The van der Waals surface area contributed by atoms with Crippen LogP contribution in [0.25, 0.3) is 0 Å². The second-order valence-electron chi connectivity index (χ2n) is 7.46. The average molecular weight is 491 g/mol. The van der Waals surface area contributed by atoms with E-state index >= 15 is 0 Å². The van der Waals surface area contributed by atoms with Crippen LogP contribution in [0, 0.1) is 11.6 Å².